The fourth-order valence-corrected chi connectivity index (χ4v) is 2.03. The first-order chi connectivity index (χ1) is 11.1. The Morgan fingerprint density at radius 2 is 2.00 bits per heavy atom. The number of anilines is 1. The van der Waals surface area contributed by atoms with Crippen LogP contribution in [0.3, 0.4) is 0 Å². The number of para-hydroxylation sites is 1. The molecule has 0 saturated carbocycles. The Bertz CT molecular complexity index is 643. The minimum Gasteiger partial charge on any atom is -0.488 e. The molecule has 2 N–H and O–H groups in total. The van der Waals surface area contributed by atoms with E-state index >= 15 is 0 Å². The van der Waals surface area contributed by atoms with Gasteiger partial charge in [0.05, 0.1) is 6.54 Å². The quantitative estimate of drug-likeness (QED) is 0.821. The molecule has 1 unspecified atom stereocenters. The van der Waals surface area contributed by atoms with E-state index in [1.54, 1.807) is 19.2 Å². The lowest BCUT2D eigenvalue weighted by Gasteiger charge is -2.19. The van der Waals surface area contributed by atoms with Crippen LogP contribution in [0.1, 0.15) is 29.4 Å². The van der Waals surface area contributed by atoms with Crippen molar-refractivity contribution in [2.45, 2.75) is 26.4 Å². The number of amides is 1. The van der Waals surface area contributed by atoms with E-state index in [1.807, 2.05) is 31.2 Å². The van der Waals surface area contributed by atoms with E-state index in [-0.39, 0.29) is 12.0 Å². The Hall–Kier alpha value is -2.63. The lowest BCUT2D eigenvalue weighted by Crippen LogP contribution is -2.26. The van der Waals surface area contributed by atoms with Gasteiger partial charge in [-0.15, -0.1) is 10.2 Å². The second-order valence-electron chi connectivity index (χ2n) is 5.18. The van der Waals surface area contributed by atoms with Gasteiger partial charge >= 0.3 is 0 Å². The molecule has 122 valence electrons. The van der Waals surface area contributed by atoms with Crippen LogP contribution in [0.4, 0.5) is 5.82 Å². The molecule has 0 radical (unpaired) electrons. The average Bonchev–Trinajstić information content (AvgIpc) is 2.60. The van der Waals surface area contributed by atoms with Crippen molar-refractivity contribution in [1.82, 2.24) is 15.5 Å². The molecule has 0 bridgehead atoms. The maximum absolute atomic E-state index is 11.4. The van der Waals surface area contributed by atoms with E-state index in [0.717, 1.165) is 17.7 Å². The average molecular weight is 314 g/mol. The molecule has 0 aliphatic heterocycles. The van der Waals surface area contributed by atoms with Crippen molar-refractivity contribution in [3.8, 4) is 5.75 Å². The molecular weight excluding hydrogens is 292 g/mol. The van der Waals surface area contributed by atoms with Gasteiger partial charge in [-0.25, -0.2) is 0 Å². The van der Waals surface area contributed by atoms with Gasteiger partial charge in [-0.3, -0.25) is 4.79 Å². The van der Waals surface area contributed by atoms with Crippen molar-refractivity contribution in [3.05, 3.63) is 47.7 Å². The number of nitrogens with zero attached hydrogens (tertiary/aromatic N) is 2. The highest BCUT2D eigenvalue weighted by molar-refractivity contribution is 5.91. The van der Waals surface area contributed by atoms with Crippen molar-refractivity contribution in [3.63, 3.8) is 0 Å². The van der Waals surface area contributed by atoms with Crippen LogP contribution in [0.2, 0.25) is 0 Å². The molecule has 2 rings (SSSR count). The van der Waals surface area contributed by atoms with Crippen molar-refractivity contribution in [1.29, 1.82) is 0 Å². The number of carbonyl (C=O) groups is 1. The van der Waals surface area contributed by atoms with Crippen LogP contribution in [0.15, 0.2) is 36.4 Å². The highest BCUT2D eigenvalue weighted by atomic mass is 16.5. The zero-order valence-corrected chi connectivity index (χ0v) is 13.7. The number of rotatable bonds is 7. The fraction of sp³-hybridized carbons (Fsp3) is 0.353. The summed E-state index contributed by atoms with van der Waals surface area (Å²) in [7, 11) is 1.56. The first-order valence-electron chi connectivity index (χ1n) is 7.66. The van der Waals surface area contributed by atoms with Crippen molar-refractivity contribution in [2.75, 3.05) is 18.9 Å². The summed E-state index contributed by atoms with van der Waals surface area (Å²) in [6.07, 6.45) is 0.891. The van der Waals surface area contributed by atoms with E-state index in [4.69, 9.17) is 4.74 Å². The maximum Gasteiger partial charge on any atom is 0.271 e. The normalized spacial score (nSPS) is 11.6. The number of nitrogens with one attached hydrogen (secondary N) is 2. The molecule has 1 amide bonds. The summed E-state index contributed by atoms with van der Waals surface area (Å²) in [4.78, 5) is 11.4. The summed E-state index contributed by atoms with van der Waals surface area (Å²) >= 11 is 0. The summed E-state index contributed by atoms with van der Waals surface area (Å²) in [5.41, 5.74) is 1.40. The summed E-state index contributed by atoms with van der Waals surface area (Å²) in [6, 6.07) is 11.3. The number of benzene rings is 1. The van der Waals surface area contributed by atoms with Gasteiger partial charge in [0.25, 0.3) is 5.91 Å². The van der Waals surface area contributed by atoms with Crippen LogP contribution in [-0.2, 0) is 0 Å². The van der Waals surface area contributed by atoms with Gasteiger partial charge in [-0.2, -0.15) is 0 Å². The monoisotopic (exact) mass is 314 g/mol. The molecule has 6 heteroatoms. The maximum atomic E-state index is 11.4. The lowest BCUT2D eigenvalue weighted by atomic mass is 10.2. The van der Waals surface area contributed by atoms with Gasteiger partial charge in [-0.05, 0) is 37.1 Å². The van der Waals surface area contributed by atoms with Crippen LogP contribution < -0.4 is 15.4 Å². The second-order valence-corrected chi connectivity index (χ2v) is 5.18. The lowest BCUT2D eigenvalue weighted by molar-refractivity contribution is 0.0957. The third-order valence-corrected chi connectivity index (χ3v) is 3.48. The number of carbonyl (C=O) groups excluding carboxylic acids is 1. The molecule has 1 heterocycles. The van der Waals surface area contributed by atoms with Crippen LogP contribution in [0, 0.1) is 6.92 Å². The molecule has 23 heavy (non-hydrogen) atoms. The number of aryl methyl sites for hydroxylation is 1. The highest BCUT2D eigenvalue weighted by Crippen LogP contribution is 2.19. The van der Waals surface area contributed by atoms with Crippen LogP contribution in [0.5, 0.6) is 5.75 Å². The predicted octanol–water partition coefficient (Wildman–Crippen LogP) is 2.41. The van der Waals surface area contributed by atoms with Gasteiger partial charge in [0.15, 0.2) is 5.69 Å². The first-order valence-corrected chi connectivity index (χ1v) is 7.66. The predicted molar refractivity (Wildman–Crippen MR) is 89.8 cm³/mol. The van der Waals surface area contributed by atoms with Crippen molar-refractivity contribution in [2.24, 2.45) is 0 Å². The zero-order valence-electron chi connectivity index (χ0n) is 13.7. The number of aromatic nitrogens is 2. The smallest absolute Gasteiger partial charge is 0.271 e. The third-order valence-electron chi connectivity index (χ3n) is 3.48. The fourth-order valence-electron chi connectivity index (χ4n) is 2.03. The largest absolute Gasteiger partial charge is 0.488 e. The summed E-state index contributed by atoms with van der Waals surface area (Å²) in [6.45, 7) is 4.71. The standard InChI is InChI=1S/C17H22N4O2/c1-4-13(23-15-8-6-5-7-12(15)2)11-19-16-10-9-14(20-21-16)17(22)18-3/h5-10,13H,4,11H2,1-3H3,(H,18,22)(H,19,21). The topological polar surface area (TPSA) is 76.1 Å². The molecule has 1 atom stereocenters. The van der Waals surface area contributed by atoms with E-state index < -0.39 is 0 Å². The van der Waals surface area contributed by atoms with E-state index in [2.05, 4.69) is 27.8 Å². The Morgan fingerprint density at radius 3 is 2.61 bits per heavy atom. The molecule has 2 aromatic rings. The van der Waals surface area contributed by atoms with Crippen LogP contribution in [-0.4, -0.2) is 35.8 Å². The third kappa shape index (κ3) is 4.67. The molecule has 6 nitrogen and oxygen atoms in total. The van der Waals surface area contributed by atoms with E-state index in [0.29, 0.717) is 18.1 Å². The van der Waals surface area contributed by atoms with Gasteiger partial charge < -0.3 is 15.4 Å². The van der Waals surface area contributed by atoms with E-state index in [1.165, 1.54) is 0 Å². The summed E-state index contributed by atoms with van der Waals surface area (Å²) in [5, 5.41) is 13.6. The Morgan fingerprint density at radius 1 is 1.22 bits per heavy atom. The minimum atomic E-state index is -0.252. The molecule has 0 spiro atoms. The number of ether oxygens (including phenoxy) is 1. The summed E-state index contributed by atoms with van der Waals surface area (Å²) < 4.78 is 6.02. The van der Waals surface area contributed by atoms with E-state index in [9.17, 15) is 4.79 Å². The number of hydrogen-bond acceptors (Lipinski definition) is 5. The molecule has 1 aromatic heterocycles. The van der Waals surface area contributed by atoms with Gasteiger partial charge in [-0.1, -0.05) is 25.1 Å². The zero-order chi connectivity index (χ0) is 16.7. The summed E-state index contributed by atoms with van der Waals surface area (Å²) in [5.74, 6) is 1.25. The van der Waals surface area contributed by atoms with Gasteiger partial charge in [0, 0.05) is 7.05 Å². The molecule has 1 aromatic carbocycles. The van der Waals surface area contributed by atoms with Gasteiger partial charge in [0.1, 0.15) is 17.7 Å². The Balaban J connectivity index is 1.92. The highest BCUT2D eigenvalue weighted by Gasteiger charge is 2.11. The molecule has 0 saturated heterocycles. The van der Waals surface area contributed by atoms with Crippen molar-refractivity contribution >= 4 is 11.7 Å². The molecule has 0 aliphatic carbocycles. The molecular formula is C17H22N4O2. The first kappa shape index (κ1) is 16.7. The second kappa shape index (κ2) is 8.12. The van der Waals surface area contributed by atoms with Crippen molar-refractivity contribution < 1.29 is 9.53 Å². The Labute approximate surface area is 136 Å². The SMILES string of the molecule is CCC(CNc1ccc(C(=O)NC)nn1)Oc1ccccc1C. The minimum absolute atomic E-state index is 0.0246. The number of hydrogen-bond donors (Lipinski definition) is 2. The molecule has 0 fully saturated rings. The van der Waals surface area contributed by atoms with Crippen LogP contribution in [0.25, 0.3) is 0 Å². The van der Waals surface area contributed by atoms with Crippen LogP contribution >= 0.6 is 0 Å². The van der Waals surface area contributed by atoms with Gasteiger partial charge in [0.2, 0.25) is 0 Å². The molecule has 0 aliphatic rings. The Kier molecular flexibility index (Phi) is 5.91.